The van der Waals surface area contributed by atoms with Crippen molar-refractivity contribution in [3.05, 3.63) is 70.5 Å². The van der Waals surface area contributed by atoms with Crippen LogP contribution in [0.3, 0.4) is 0 Å². The lowest BCUT2D eigenvalue weighted by molar-refractivity contribution is -0.130. The summed E-state index contributed by atoms with van der Waals surface area (Å²) in [4.78, 5) is 18.2. The zero-order chi connectivity index (χ0) is 23.8. The standard InChI is InChI=1S/C23H24ClFN6O2/c1-16(33)30(12-13-32)21-14-31(29-22(21)18-6-8-19(24)9-7-18)23(28-15-26)27-11-10-17-4-2-3-5-20(17)25/h2-9,21,32H,10-14H2,1H3,(H,27,28). The molecule has 1 heterocycles. The molecule has 2 aromatic carbocycles. The number of hydrogen-bond acceptors (Lipinski definition) is 5. The molecule has 0 aromatic heterocycles. The summed E-state index contributed by atoms with van der Waals surface area (Å²) in [5, 5.41) is 27.9. The van der Waals surface area contributed by atoms with Gasteiger partial charge in [0.2, 0.25) is 11.9 Å². The Bertz CT molecular complexity index is 1080. The van der Waals surface area contributed by atoms with Crippen molar-refractivity contribution in [3.63, 3.8) is 0 Å². The van der Waals surface area contributed by atoms with Gasteiger partial charge in [0.1, 0.15) is 5.82 Å². The molecule has 1 atom stereocenters. The minimum absolute atomic E-state index is 0.131. The fourth-order valence-electron chi connectivity index (χ4n) is 3.60. The summed E-state index contributed by atoms with van der Waals surface area (Å²) < 4.78 is 13.9. The average Bonchev–Trinajstić information content (AvgIpc) is 3.23. The molecule has 2 N–H and O–H groups in total. The third-order valence-corrected chi connectivity index (χ3v) is 5.42. The van der Waals surface area contributed by atoms with Crippen LogP contribution in [0.15, 0.2) is 58.6 Å². The van der Waals surface area contributed by atoms with Crippen LogP contribution >= 0.6 is 11.6 Å². The fourth-order valence-corrected chi connectivity index (χ4v) is 3.72. The number of benzene rings is 2. The van der Waals surface area contributed by atoms with E-state index in [9.17, 15) is 19.6 Å². The third kappa shape index (κ3) is 6.06. The average molecular weight is 471 g/mol. The van der Waals surface area contributed by atoms with E-state index in [1.807, 2.05) is 6.19 Å². The number of halogens is 2. The molecule has 0 fully saturated rings. The van der Waals surface area contributed by atoms with Gasteiger partial charge in [-0.15, -0.1) is 0 Å². The SMILES string of the molecule is CC(=O)N(CCO)C1CN(C(=NCCc2ccccc2F)NC#N)N=C1c1ccc(Cl)cc1. The second-order valence-corrected chi connectivity index (χ2v) is 7.75. The Morgan fingerprint density at radius 3 is 2.73 bits per heavy atom. The van der Waals surface area contributed by atoms with Gasteiger partial charge in [-0.2, -0.15) is 10.4 Å². The second kappa shape index (κ2) is 11.4. The van der Waals surface area contributed by atoms with Crippen molar-refractivity contribution >= 4 is 29.2 Å². The molecule has 0 spiro atoms. The molecule has 33 heavy (non-hydrogen) atoms. The van der Waals surface area contributed by atoms with Crippen molar-refractivity contribution in [3.8, 4) is 6.19 Å². The van der Waals surface area contributed by atoms with Gasteiger partial charge in [-0.1, -0.05) is 41.9 Å². The Labute approximate surface area is 196 Å². The second-order valence-electron chi connectivity index (χ2n) is 7.31. The van der Waals surface area contributed by atoms with Crippen molar-refractivity contribution in [1.82, 2.24) is 15.2 Å². The monoisotopic (exact) mass is 470 g/mol. The van der Waals surface area contributed by atoms with Crippen LogP contribution in [-0.4, -0.2) is 64.9 Å². The van der Waals surface area contributed by atoms with Crippen molar-refractivity contribution < 1.29 is 14.3 Å². The van der Waals surface area contributed by atoms with Crippen LogP contribution in [0.2, 0.25) is 5.02 Å². The predicted octanol–water partition coefficient (Wildman–Crippen LogP) is 2.38. The Morgan fingerprint density at radius 1 is 1.36 bits per heavy atom. The third-order valence-electron chi connectivity index (χ3n) is 5.16. The maximum Gasteiger partial charge on any atom is 0.228 e. The van der Waals surface area contributed by atoms with E-state index in [0.717, 1.165) is 5.56 Å². The number of rotatable bonds is 7. The topological polar surface area (TPSA) is 104 Å². The number of carbonyl (C=O) groups excluding carboxylic acids is 1. The van der Waals surface area contributed by atoms with Gasteiger partial charge in [0, 0.05) is 30.6 Å². The van der Waals surface area contributed by atoms with Crippen LogP contribution in [0.25, 0.3) is 0 Å². The number of nitriles is 1. The zero-order valence-corrected chi connectivity index (χ0v) is 18.8. The van der Waals surface area contributed by atoms with Crippen molar-refractivity contribution in [2.45, 2.75) is 19.4 Å². The number of guanidine groups is 1. The van der Waals surface area contributed by atoms with E-state index >= 15 is 0 Å². The summed E-state index contributed by atoms with van der Waals surface area (Å²) in [6.45, 7) is 1.81. The molecule has 1 aliphatic heterocycles. The lowest BCUT2D eigenvalue weighted by atomic mass is 10.0. The van der Waals surface area contributed by atoms with Gasteiger partial charge >= 0.3 is 0 Å². The predicted molar refractivity (Wildman–Crippen MR) is 124 cm³/mol. The fraction of sp³-hybridized carbons (Fsp3) is 0.304. The van der Waals surface area contributed by atoms with Gasteiger partial charge in [0.25, 0.3) is 0 Å². The first-order valence-corrected chi connectivity index (χ1v) is 10.8. The van der Waals surface area contributed by atoms with E-state index in [4.69, 9.17) is 11.6 Å². The minimum Gasteiger partial charge on any atom is -0.395 e. The van der Waals surface area contributed by atoms with Crippen LogP contribution in [0.5, 0.6) is 0 Å². The number of nitrogens with zero attached hydrogens (tertiary/aromatic N) is 5. The van der Waals surface area contributed by atoms with Crippen LogP contribution < -0.4 is 5.32 Å². The van der Waals surface area contributed by atoms with E-state index in [-0.39, 0.29) is 43.9 Å². The van der Waals surface area contributed by atoms with Gasteiger partial charge in [0.05, 0.1) is 24.9 Å². The number of carbonyl (C=O) groups is 1. The molecule has 8 nitrogen and oxygen atoms in total. The normalized spacial score (nSPS) is 15.7. The Hall–Kier alpha value is -3.48. The van der Waals surface area contributed by atoms with Crippen LogP contribution in [0.1, 0.15) is 18.1 Å². The van der Waals surface area contributed by atoms with Crippen LogP contribution in [0.4, 0.5) is 4.39 Å². The smallest absolute Gasteiger partial charge is 0.228 e. The maximum atomic E-state index is 13.9. The zero-order valence-electron chi connectivity index (χ0n) is 18.1. The molecule has 1 aliphatic rings. The molecule has 10 heteroatoms. The quantitative estimate of drug-likeness (QED) is 0.280. The number of aliphatic hydroxyl groups is 1. The first-order valence-electron chi connectivity index (χ1n) is 10.4. The lowest BCUT2D eigenvalue weighted by Crippen LogP contribution is -2.48. The number of hydrazone groups is 1. The molecule has 172 valence electrons. The van der Waals surface area contributed by atoms with Gasteiger partial charge in [0.15, 0.2) is 6.19 Å². The summed E-state index contributed by atoms with van der Waals surface area (Å²) in [6.07, 6.45) is 2.20. The molecule has 3 rings (SSSR count). The molecule has 0 radical (unpaired) electrons. The van der Waals surface area contributed by atoms with Gasteiger partial charge < -0.3 is 10.0 Å². The summed E-state index contributed by atoms with van der Waals surface area (Å²) in [6, 6.07) is 13.0. The summed E-state index contributed by atoms with van der Waals surface area (Å²) in [7, 11) is 0. The molecule has 0 bridgehead atoms. The maximum absolute atomic E-state index is 13.9. The number of aliphatic imine (C=N–C) groups is 1. The first-order chi connectivity index (χ1) is 15.9. The number of amides is 1. The summed E-state index contributed by atoms with van der Waals surface area (Å²) in [5.74, 6) is -0.341. The van der Waals surface area contributed by atoms with E-state index in [2.05, 4.69) is 15.4 Å². The van der Waals surface area contributed by atoms with Crippen LogP contribution in [-0.2, 0) is 11.2 Å². The number of hydrogen-bond donors (Lipinski definition) is 2. The Balaban J connectivity index is 1.90. The minimum atomic E-state index is -0.479. The van der Waals surface area contributed by atoms with Crippen molar-refractivity contribution in [2.24, 2.45) is 10.1 Å². The largest absolute Gasteiger partial charge is 0.395 e. The van der Waals surface area contributed by atoms with Crippen LogP contribution in [0, 0.1) is 17.3 Å². The Morgan fingerprint density at radius 2 is 2.09 bits per heavy atom. The summed E-state index contributed by atoms with van der Waals surface area (Å²) >= 11 is 6.02. The van der Waals surface area contributed by atoms with Gasteiger partial charge in [-0.05, 0) is 30.2 Å². The number of aliphatic hydroxyl groups excluding tert-OH is 1. The Kier molecular flexibility index (Phi) is 8.35. The molecule has 0 saturated heterocycles. The number of nitrogens with one attached hydrogen (secondary N) is 1. The molecule has 1 unspecified atom stereocenters. The van der Waals surface area contributed by atoms with Gasteiger partial charge in [-0.25, -0.2) is 9.40 Å². The van der Waals surface area contributed by atoms with E-state index in [0.29, 0.717) is 22.7 Å². The van der Waals surface area contributed by atoms with E-state index < -0.39 is 6.04 Å². The molecule has 1 amide bonds. The highest BCUT2D eigenvalue weighted by molar-refractivity contribution is 6.30. The summed E-state index contributed by atoms with van der Waals surface area (Å²) in [5.41, 5.74) is 1.85. The lowest BCUT2D eigenvalue weighted by Gasteiger charge is -2.28. The molecular weight excluding hydrogens is 447 g/mol. The van der Waals surface area contributed by atoms with Crippen molar-refractivity contribution in [2.75, 3.05) is 26.2 Å². The first kappa shape index (κ1) is 24.2. The molecule has 2 aromatic rings. The van der Waals surface area contributed by atoms with Gasteiger partial charge in [-0.3, -0.25) is 15.1 Å². The molecule has 0 saturated carbocycles. The molecule has 0 aliphatic carbocycles. The van der Waals surface area contributed by atoms with E-state index in [1.165, 1.54) is 22.9 Å². The highest BCUT2D eigenvalue weighted by Gasteiger charge is 2.35. The highest BCUT2D eigenvalue weighted by Crippen LogP contribution is 2.21. The van der Waals surface area contributed by atoms with Crippen molar-refractivity contribution in [1.29, 1.82) is 5.26 Å². The molecular formula is C23H24ClFN6O2. The highest BCUT2D eigenvalue weighted by atomic mass is 35.5. The van der Waals surface area contributed by atoms with E-state index in [1.54, 1.807) is 42.5 Å².